The van der Waals surface area contributed by atoms with Crippen molar-refractivity contribution in [1.82, 2.24) is 5.32 Å². The van der Waals surface area contributed by atoms with Crippen LogP contribution in [0.15, 0.2) is 0 Å². The molecule has 3 N–H and O–H groups in total. The number of esters is 1. The molecular formula is C65H129NO5. The summed E-state index contributed by atoms with van der Waals surface area (Å²) in [6.07, 6.45) is 72.8. The summed E-state index contributed by atoms with van der Waals surface area (Å²) in [6, 6.07) is -0.536. The average molecular weight is 1000 g/mol. The Morgan fingerprint density at radius 1 is 0.338 bits per heavy atom. The highest BCUT2D eigenvalue weighted by molar-refractivity contribution is 5.76. The number of rotatable bonds is 62. The Morgan fingerprint density at radius 2 is 0.577 bits per heavy atom. The number of nitrogens with one attached hydrogen (secondary N) is 1. The highest BCUT2D eigenvalue weighted by Crippen LogP contribution is 2.19. The van der Waals surface area contributed by atoms with Crippen molar-refractivity contribution in [3.05, 3.63) is 0 Å². The SMILES string of the molecule is CCCCCCCCCCCCCCCCCC(=O)OCCCCCCCCCCCCCCCCCCCCCCCCCCCCCCC(=O)NC(CO)C(O)CCCCCCCCCCCCC. The highest BCUT2D eigenvalue weighted by atomic mass is 16.5. The molecule has 1 amide bonds. The molecule has 0 saturated carbocycles. The Hall–Kier alpha value is -1.14. The topological polar surface area (TPSA) is 95.9 Å². The van der Waals surface area contributed by atoms with Gasteiger partial charge in [-0.2, -0.15) is 0 Å². The van der Waals surface area contributed by atoms with E-state index in [1.807, 2.05) is 0 Å². The molecule has 0 aromatic carbocycles. The lowest BCUT2D eigenvalue weighted by molar-refractivity contribution is -0.143. The van der Waals surface area contributed by atoms with Crippen LogP contribution in [-0.2, 0) is 14.3 Å². The number of aliphatic hydroxyl groups is 2. The van der Waals surface area contributed by atoms with Crippen molar-refractivity contribution in [2.45, 2.75) is 392 Å². The molecule has 6 nitrogen and oxygen atoms in total. The molecule has 0 heterocycles. The number of ether oxygens (including phenoxy) is 1. The molecule has 0 aromatic rings. The molecule has 0 aliphatic rings. The van der Waals surface area contributed by atoms with Crippen molar-refractivity contribution in [1.29, 1.82) is 0 Å². The second-order valence-corrected chi connectivity index (χ2v) is 22.8. The highest BCUT2D eigenvalue weighted by Gasteiger charge is 2.20. The molecule has 0 aliphatic carbocycles. The minimum atomic E-state index is -0.659. The Bertz CT molecular complexity index is 1020. The molecular weight excluding hydrogens is 875 g/mol. The number of aliphatic hydroxyl groups excluding tert-OH is 2. The smallest absolute Gasteiger partial charge is 0.305 e. The lowest BCUT2D eigenvalue weighted by atomic mass is 10.0. The summed E-state index contributed by atoms with van der Waals surface area (Å²) in [5.41, 5.74) is 0. The van der Waals surface area contributed by atoms with Crippen LogP contribution in [0.2, 0.25) is 0 Å². The molecule has 424 valence electrons. The summed E-state index contributed by atoms with van der Waals surface area (Å²) in [5.74, 6) is -0.00786. The third-order valence-corrected chi connectivity index (χ3v) is 15.7. The number of hydrogen-bond donors (Lipinski definition) is 3. The predicted molar refractivity (Wildman–Crippen MR) is 310 cm³/mol. The van der Waals surface area contributed by atoms with E-state index in [-0.39, 0.29) is 18.5 Å². The van der Waals surface area contributed by atoms with Crippen molar-refractivity contribution >= 4 is 11.9 Å². The lowest BCUT2D eigenvalue weighted by Crippen LogP contribution is -2.45. The Morgan fingerprint density at radius 3 is 0.859 bits per heavy atom. The van der Waals surface area contributed by atoms with Crippen LogP contribution < -0.4 is 5.32 Å². The van der Waals surface area contributed by atoms with Crippen molar-refractivity contribution < 1.29 is 24.5 Å². The van der Waals surface area contributed by atoms with Gasteiger partial charge in [0.25, 0.3) is 0 Å². The Labute approximate surface area is 445 Å². The first-order valence-corrected chi connectivity index (χ1v) is 32.8. The van der Waals surface area contributed by atoms with Crippen molar-refractivity contribution in [3.8, 4) is 0 Å². The number of amides is 1. The van der Waals surface area contributed by atoms with E-state index in [4.69, 9.17) is 4.74 Å². The third-order valence-electron chi connectivity index (χ3n) is 15.7. The summed E-state index contributed by atoms with van der Waals surface area (Å²) in [5, 5.41) is 23.2. The van der Waals surface area contributed by atoms with E-state index in [1.54, 1.807) is 0 Å². The largest absolute Gasteiger partial charge is 0.466 e. The summed E-state index contributed by atoms with van der Waals surface area (Å²) in [6.45, 7) is 4.98. The van der Waals surface area contributed by atoms with Gasteiger partial charge < -0.3 is 20.3 Å². The lowest BCUT2D eigenvalue weighted by Gasteiger charge is -2.22. The number of carbonyl (C=O) groups is 2. The van der Waals surface area contributed by atoms with Crippen LogP contribution >= 0.6 is 0 Å². The summed E-state index contributed by atoms with van der Waals surface area (Å²) < 4.78 is 5.50. The Balaban J connectivity index is 3.30. The maximum absolute atomic E-state index is 12.5. The van der Waals surface area contributed by atoms with Gasteiger partial charge in [0, 0.05) is 12.8 Å². The van der Waals surface area contributed by atoms with E-state index < -0.39 is 12.1 Å². The molecule has 0 aromatic heterocycles. The van der Waals surface area contributed by atoms with Gasteiger partial charge in [-0.25, -0.2) is 0 Å². The van der Waals surface area contributed by atoms with Crippen molar-refractivity contribution in [2.24, 2.45) is 0 Å². The number of hydrogen-bond acceptors (Lipinski definition) is 5. The van der Waals surface area contributed by atoms with Crippen molar-refractivity contribution in [3.63, 3.8) is 0 Å². The van der Waals surface area contributed by atoms with E-state index >= 15 is 0 Å². The van der Waals surface area contributed by atoms with Crippen LogP contribution in [0.1, 0.15) is 380 Å². The minimum Gasteiger partial charge on any atom is -0.466 e. The standard InChI is InChI=1S/C65H129NO5/c1-3-5-7-9-11-13-15-16-31-35-39-43-47-51-55-59-65(70)71-60-56-52-48-44-40-36-33-30-28-26-24-22-20-18-17-19-21-23-25-27-29-32-34-38-42-46-50-54-58-64(69)66-62(61-67)63(68)57-53-49-45-41-37-14-12-10-8-6-4-2/h62-63,67-68H,3-61H2,1-2H3,(H,66,69). The number of carbonyl (C=O) groups excluding carboxylic acids is 2. The van der Waals surface area contributed by atoms with E-state index in [0.717, 1.165) is 38.5 Å². The summed E-state index contributed by atoms with van der Waals surface area (Å²) in [7, 11) is 0. The molecule has 0 saturated heterocycles. The summed E-state index contributed by atoms with van der Waals surface area (Å²) in [4.78, 5) is 24.5. The fraction of sp³-hybridized carbons (Fsp3) is 0.969. The van der Waals surface area contributed by atoms with Gasteiger partial charge in [-0.15, -0.1) is 0 Å². The zero-order chi connectivity index (χ0) is 51.4. The van der Waals surface area contributed by atoms with Gasteiger partial charge >= 0.3 is 5.97 Å². The molecule has 0 aliphatic heterocycles. The maximum Gasteiger partial charge on any atom is 0.305 e. The maximum atomic E-state index is 12.5. The second kappa shape index (κ2) is 61.4. The monoisotopic (exact) mass is 1000 g/mol. The molecule has 0 spiro atoms. The van der Waals surface area contributed by atoms with Crippen LogP contribution in [0.3, 0.4) is 0 Å². The fourth-order valence-electron chi connectivity index (χ4n) is 10.6. The zero-order valence-corrected chi connectivity index (χ0v) is 48.5. The number of unbranched alkanes of at least 4 members (excludes halogenated alkanes) is 51. The van der Waals surface area contributed by atoms with Gasteiger partial charge in [0.05, 0.1) is 25.4 Å². The molecule has 0 bridgehead atoms. The van der Waals surface area contributed by atoms with Crippen LogP contribution in [-0.4, -0.2) is 47.4 Å². The first kappa shape index (κ1) is 69.9. The normalized spacial score (nSPS) is 12.5. The Kier molecular flexibility index (Phi) is 60.4. The van der Waals surface area contributed by atoms with Crippen LogP contribution in [0.4, 0.5) is 0 Å². The molecule has 2 unspecified atom stereocenters. The van der Waals surface area contributed by atoms with Gasteiger partial charge in [-0.3, -0.25) is 9.59 Å². The van der Waals surface area contributed by atoms with Gasteiger partial charge in [-0.1, -0.05) is 341 Å². The van der Waals surface area contributed by atoms with E-state index in [0.29, 0.717) is 25.9 Å². The molecule has 6 heteroatoms. The predicted octanol–water partition coefficient (Wildman–Crippen LogP) is 20.6. The van der Waals surface area contributed by atoms with E-state index in [9.17, 15) is 19.8 Å². The molecule has 0 rings (SSSR count). The minimum absolute atomic E-state index is 0.0226. The first-order chi connectivity index (χ1) is 35.0. The van der Waals surface area contributed by atoms with E-state index in [2.05, 4.69) is 19.2 Å². The first-order valence-electron chi connectivity index (χ1n) is 32.8. The summed E-state index contributed by atoms with van der Waals surface area (Å²) >= 11 is 0. The van der Waals surface area contributed by atoms with Gasteiger partial charge in [-0.05, 0) is 25.7 Å². The zero-order valence-electron chi connectivity index (χ0n) is 48.5. The molecule has 2 atom stereocenters. The van der Waals surface area contributed by atoms with Gasteiger partial charge in [0.2, 0.25) is 5.91 Å². The van der Waals surface area contributed by atoms with Crippen molar-refractivity contribution in [2.75, 3.05) is 13.2 Å². The molecule has 0 radical (unpaired) electrons. The van der Waals surface area contributed by atoms with Crippen LogP contribution in [0.5, 0.6) is 0 Å². The average Bonchev–Trinajstić information content (AvgIpc) is 3.37. The third kappa shape index (κ3) is 58.0. The van der Waals surface area contributed by atoms with Gasteiger partial charge in [0.15, 0.2) is 0 Å². The van der Waals surface area contributed by atoms with Crippen LogP contribution in [0, 0.1) is 0 Å². The van der Waals surface area contributed by atoms with E-state index in [1.165, 1.54) is 308 Å². The fourth-order valence-corrected chi connectivity index (χ4v) is 10.6. The van der Waals surface area contributed by atoms with Gasteiger partial charge in [0.1, 0.15) is 0 Å². The molecule has 0 fully saturated rings. The second-order valence-electron chi connectivity index (χ2n) is 22.8. The quantitative estimate of drug-likeness (QED) is 0.0417. The van der Waals surface area contributed by atoms with Crippen LogP contribution in [0.25, 0.3) is 0 Å². The molecule has 71 heavy (non-hydrogen) atoms.